The zero-order chi connectivity index (χ0) is 21.8. The van der Waals surface area contributed by atoms with Crippen LogP contribution < -0.4 is 19.9 Å². The van der Waals surface area contributed by atoms with E-state index in [-0.39, 0.29) is 28.9 Å². The Balaban J connectivity index is 1.75. The Hall–Kier alpha value is -3.36. The van der Waals surface area contributed by atoms with Gasteiger partial charge >= 0.3 is 0 Å². The van der Waals surface area contributed by atoms with Gasteiger partial charge in [0.25, 0.3) is 11.6 Å². The summed E-state index contributed by atoms with van der Waals surface area (Å²) in [4.78, 5) is 27.3. The van der Waals surface area contributed by atoms with E-state index >= 15 is 0 Å². The molecule has 2 aromatic rings. The number of benzene rings is 2. The van der Waals surface area contributed by atoms with Gasteiger partial charge in [0.1, 0.15) is 5.69 Å². The maximum absolute atomic E-state index is 14.0. The molecule has 3 rings (SSSR count). The zero-order valence-electron chi connectivity index (χ0n) is 17.2. The molecule has 1 heterocycles. The largest absolute Gasteiger partial charge is 0.494 e. The van der Waals surface area contributed by atoms with Gasteiger partial charge in [-0.05, 0) is 38.1 Å². The first-order chi connectivity index (χ1) is 14.3. The summed E-state index contributed by atoms with van der Waals surface area (Å²) in [5, 5.41) is 14.4. The first kappa shape index (κ1) is 21.4. The summed E-state index contributed by atoms with van der Waals surface area (Å²) in [5.74, 6) is -0.580. The number of nitro groups is 1. The number of piperazine rings is 1. The van der Waals surface area contributed by atoms with Gasteiger partial charge in [-0.2, -0.15) is 0 Å². The molecule has 9 heteroatoms. The Kier molecular flexibility index (Phi) is 6.39. The molecule has 0 aromatic heterocycles. The molecule has 30 heavy (non-hydrogen) atoms. The minimum Gasteiger partial charge on any atom is -0.494 e. The number of rotatable bonds is 6. The normalized spacial score (nSPS) is 14.0. The topological polar surface area (TPSA) is 88.0 Å². The first-order valence-corrected chi connectivity index (χ1v) is 9.73. The molecule has 8 nitrogen and oxygen atoms in total. The zero-order valence-corrected chi connectivity index (χ0v) is 17.2. The van der Waals surface area contributed by atoms with Crippen molar-refractivity contribution in [3.8, 4) is 5.75 Å². The van der Waals surface area contributed by atoms with Crippen LogP contribution in [0.15, 0.2) is 36.4 Å². The predicted octanol–water partition coefficient (Wildman–Crippen LogP) is 3.21. The fourth-order valence-corrected chi connectivity index (χ4v) is 3.48. The number of ether oxygens (including phenoxy) is 1. The van der Waals surface area contributed by atoms with E-state index in [1.165, 1.54) is 19.2 Å². The van der Waals surface area contributed by atoms with Gasteiger partial charge in [-0.25, -0.2) is 4.39 Å². The Labute approximate surface area is 174 Å². The van der Waals surface area contributed by atoms with Crippen LogP contribution in [0.4, 0.5) is 21.5 Å². The third-order valence-electron chi connectivity index (χ3n) is 4.97. The molecule has 1 aliphatic rings. The molecule has 0 unspecified atom stereocenters. The molecule has 0 spiro atoms. The summed E-state index contributed by atoms with van der Waals surface area (Å²) in [7, 11) is 1.42. The molecular formula is C21H25FN4O4. The minimum atomic E-state index is -0.466. The molecule has 0 saturated carbocycles. The van der Waals surface area contributed by atoms with E-state index in [1.807, 2.05) is 23.6 Å². The van der Waals surface area contributed by atoms with E-state index in [4.69, 9.17) is 4.74 Å². The quantitative estimate of drug-likeness (QED) is 0.575. The Bertz CT molecular complexity index is 943. The highest BCUT2D eigenvalue weighted by molar-refractivity contribution is 5.96. The monoisotopic (exact) mass is 416 g/mol. The molecular weight excluding hydrogens is 391 g/mol. The molecule has 0 atom stereocenters. The summed E-state index contributed by atoms with van der Waals surface area (Å²) >= 11 is 0. The fourth-order valence-electron chi connectivity index (χ4n) is 3.48. The number of nitro benzene ring substituents is 1. The third kappa shape index (κ3) is 4.61. The molecule has 1 aliphatic heterocycles. The maximum Gasteiger partial charge on any atom is 0.293 e. The summed E-state index contributed by atoms with van der Waals surface area (Å²) in [6, 6.07) is 9.29. The number of anilines is 2. The van der Waals surface area contributed by atoms with Crippen molar-refractivity contribution in [2.45, 2.75) is 19.9 Å². The Morgan fingerprint density at radius 3 is 2.37 bits per heavy atom. The van der Waals surface area contributed by atoms with Crippen LogP contribution in [0.3, 0.4) is 0 Å². The first-order valence-electron chi connectivity index (χ1n) is 9.73. The number of amides is 1. The lowest BCUT2D eigenvalue weighted by atomic mass is 10.1. The molecule has 160 valence electrons. The van der Waals surface area contributed by atoms with E-state index in [2.05, 4.69) is 5.32 Å². The lowest BCUT2D eigenvalue weighted by molar-refractivity contribution is -0.384. The number of methoxy groups -OCH3 is 1. The Morgan fingerprint density at radius 1 is 1.13 bits per heavy atom. The average molecular weight is 416 g/mol. The molecule has 1 saturated heterocycles. The van der Waals surface area contributed by atoms with Gasteiger partial charge in [0.2, 0.25) is 0 Å². The van der Waals surface area contributed by atoms with Gasteiger partial charge in [-0.3, -0.25) is 14.9 Å². The van der Waals surface area contributed by atoms with Crippen molar-refractivity contribution in [2.24, 2.45) is 0 Å². The van der Waals surface area contributed by atoms with Gasteiger partial charge in [-0.1, -0.05) is 0 Å². The summed E-state index contributed by atoms with van der Waals surface area (Å²) < 4.78 is 19.0. The van der Waals surface area contributed by atoms with E-state index in [0.29, 0.717) is 31.9 Å². The second-order valence-electron chi connectivity index (χ2n) is 7.38. The number of nitrogens with one attached hydrogen (secondary N) is 1. The van der Waals surface area contributed by atoms with Crippen molar-refractivity contribution in [1.29, 1.82) is 0 Å². The Morgan fingerprint density at radius 2 is 1.80 bits per heavy atom. The number of carbonyl (C=O) groups is 1. The minimum absolute atomic E-state index is 0.0629. The lowest BCUT2D eigenvalue weighted by Gasteiger charge is -2.37. The van der Waals surface area contributed by atoms with Crippen LogP contribution >= 0.6 is 0 Å². The van der Waals surface area contributed by atoms with Crippen LogP contribution in [-0.2, 0) is 0 Å². The summed E-state index contributed by atoms with van der Waals surface area (Å²) in [6.45, 7) is 5.89. The standard InChI is InChI=1S/C21H25FN4O4/c1-14(2)23-21(27)15-4-6-18(19(12-15)26(28)29)25-10-8-24(9-11-25)16-5-7-20(30-3)17(22)13-16/h4-7,12-14H,8-11H2,1-3H3,(H,23,27). The highest BCUT2D eigenvalue weighted by Gasteiger charge is 2.25. The van der Waals surface area contributed by atoms with Gasteiger partial charge in [0.05, 0.1) is 12.0 Å². The number of hydrogen-bond donors (Lipinski definition) is 1. The summed E-state index contributed by atoms with van der Waals surface area (Å²) in [6.07, 6.45) is 0. The van der Waals surface area contributed by atoms with Crippen molar-refractivity contribution < 1.29 is 18.8 Å². The fraction of sp³-hybridized carbons (Fsp3) is 0.381. The van der Waals surface area contributed by atoms with Crippen LogP contribution in [0.5, 0.6) is 5.75 Å². The van der Waals surface area contributed by atoms with Crippen LogP contribution in [0.2, 0.25) is 0 Å². The van der Waals surface area contributed by atoms with Crippen molar-refractivity contribution in [1.82, 2.24) is 5.32 Å². The molecule has 1 N–H and O–H groups in total. The van der Waals surface area contributed by atoms with E-state index in [9.17, 15) is 19.3 Å². The second-order valence-corrected chi connectivity index (χ2v) is 7.38. The summed E-state index contributed by atoms with van der Waals surface area (Å²) in [5.41, 5.74) is 1.37. The number of carbonyl (C=O) groups excluding carboxylic acids is 1. The highest BCUT2D eigenvalue weighted by Crippen LogP contribution is 2.31. The van der Waals surface area contributed by atoms with Crippen molar-refractivity contribution >= 4 is 23.0 Å². The SMILES string of the molecule is COc1ccc(N2CCN(c3ccc(C(=O)NC(C)C)cc3[N+](=O)[O-])CC2)cc1F. The second kappa shape index (κ2) is 8.98. The molecule has 1 amide bonds. The number of halogens is 1. The predicted molar refractivity (Wildman–Crippen MR) is 113 cm³/mol. The molecule has 2 aromatic carbocycles. The van der Waals surface area contributed by atoms with Gasteiger partial charge < -0.3 is 19.9 Å². The van der Waals surface area contributed by atoms with Gasteiger partial charge in [0, 0.05) is 55.6 Å². The number of nitrogens with zero attached hydrogens (tertiary/aromatic N) is 3. The van der Waals surface area contributed by atoms with E-state index in [1.54, 1.807) is 24.3 Å². The third-order valence-corrected chi connectivity index (χ3v) is 4.97. The average Bonchev–Trinajstić information content (AvgIpc) is 2.73. The van der Waals surface area contributed by atoms with Crippen molar-refractivity contribution in [2.75, 3.05) is 43.1 Å². The van der Waals surface area contributed by atoms with Gasteiger partial charge in [0.15, 0.2) is 11.6 Å². The van der Waals surface area contributed by atoms with E-state index in [0.717, 1.165) is 5.69 Å². The highest BCUT2D eigenvalue weighted by atomic mass is 19.1. The lowest BCUT2D eigenvalue weighted by Crippen LogP contribution is -2.46. The van der Waals surface area contributed by atoms with Crippen LogP contribution in [0.1, 0.15) is 24.2 Å². The smallest absolute Gasteiger partial charge is 0.293 e. The number of hydrogen-bond acceptors (Lipinski definition) is 6. The maximum atomic E-state index is 14.0. The van der Waals surface area contributed by atoms with Crippen LogP contribution in [-0.4, -0.2) is 50.2 Å². The van der Waals surface area contributed by atoms with Crippen LogP contribution in [0.25, 0.3) is 0 Å². The van der Waals surface area contributed by atoms with Crippen LogP contribution in [0, 0.1) is 15.9 Å². The van der Waals surface area contributed by atoms with E-state index < -0.39 is 10.7 Å². The molecule has 1 fully saturated rings. The van der Waals surface area contributed by atoms with Gasteiger partial charge in [-0.15, -0.1) is 0 Å². The van der Waals surface area contributed by atoms with Crippen molar-refractivity contribution in [3.05, 3.63) is 57.9 Å². The molecule has 0 aliphatic carbocycles. The molecule has 0 radical (unpaired) electrons. The molecule has 0 bridgehead atoms. The van der Waals surface area contributed by atoms with Crippen molar-refractivity contribution in [3.63, 3.8) is 0 Å².